The number of anilines is 1. The van der Waals surface area contributed by atoms with Crippen LogP contribution >= 0.6 is 0 Å². The van der Waals surface area contributed by atoms with Gasteiger partial charge in [0.25, 0.3) is 0 Å². The number of nitriles is 1. The van der Waals surface area contributed by atoms with Crippen LogP contribution in [0.3, 0.4) is 0 Å². The molecule has 3 saturated heterocycles. The lowest BCUT2D eigenvalue weighted by atomic mass is 9.87. The number of rotatable bonds is 7. The molecule has 0 radical (unpaired) electrons. The minimum absolute atomic E-state index is 0.269. The highest BCUT2D eigenvalue weighted by molar-refractivity contribution is 5.87. The molecule has 0 spiro atoms. The van der Waals surface area contributed by atoms with Gasteiger partial charge in [0.05, 0.1) is 36.3 Å². The number of methoxy groups -OCH3 is 1. The van der Waals surface area contributed by atoms with E-state index in [9.17, 15) is 5.26 Å². The smallest absolute Gasteiger partial charge is 0.128 e. The van der Waals surface area contributed by atoms with Crippen LogP contribution in [-0.4, -0.2) is 66.5 Å². The summed E-state index contributed by atoms with van der Waals surface area (Å²) in [6.07, 6.45) is 12.4. The summed E-state index contributed by atoms with van der Waals surface area (Å²) in [7, 11) is 1.69. The number of nitrogens with zero attached hydrogens (tertiary/aromatic N) is 9. The van der Waals surface area contributed by atoms with Crippen molar-refractivity contribution in [1.29, 1.82) is 5.26 Å². The summed E-state index contributed by atoms with van der Waals surface area (Å²) in [6, 6.07) is 13.7. The molecule has 0 saturated carbocycles. The Kier molecular flexibility index (Phi) is 6.16. The van der Waals surface area contributed by atoms with Crippen molar-refractivity contribution < 1.29 is 4.74 Å². The second-order valence-corrected chi connectivity index (χ2v) is 11.1. The third-order valence-corrected chi connectivity index (χ3v) is 8.29. The first-order chi connectivity index (χ1) is 20.0. The normalized spacial score (nSPS) is 18.5. The predicted molar refractivity (Wildman–Crippen MR) is 155 cm³/mol. The minimum Gasteiger partial charge on any atom is -0.497 e. The zero-order valence-electron chi connectivity index (χ0n) is 23.3. The molecule has 5 aromatic heterocycles. The van der Waals surface area contributed by atoms with Gasteiger partial charge in [-0.25, -0.2) is 9.50 Å². The van der Waals surface area contributed by atoms with Crippen LogP contribution in [0.25, 0.3) is 27.8 Å². The molecule has 2 bridgehead atoms. The van der Waals surface area contributed by atoms with E-state index in [1.165, 1.54) is 6.42 Å². The van der Waals surface area contributed by atoms with E-state index in [1.54, 1.807) is 17.8 Å². The van der Waals surface area contributed by atoms with Crippen molar-refractivity contribution in [2.24, 2.45) is 0 Å². The monoisotopic (exact) mass is 545 g/mol. The van der Waals surface area contributed by atoms with E-state index >= 15 is 0 Å². The van der Waals surface area contributed by atoms with Gasteiger partial charge in [0.15, 0.2) is 0 Å². The number of piperidine rings is 1. The van der Waals surface area contributed by atoms with Crippen LogP contribution in [0, 0.1) is 11.3 Å². The number of fused-ring (bicyclic) bond motifs is 3. The molecular formula is C31H31N9O. The van der Waals surface area contributed by atoms with Crippen molar-refractivity contribution >= 4 is 11.3 Å². The molecule has 0 aliphatic carbocycles. The van der Waals surface area contributed by atoms with Crippen molar-refractivity contribution in [2.75, 3.05) is 25.1 Å². The van der Waals surface area contributed by atoms with Gasteiger partial charge >= 0.3 is 0 Å². The molecule has 10 nitrogen and oxygen atoms in total. The Bertz CT molecular complexity index is 1750. The van der Waals surface area contributed by atoms with Gasteiger partial charge in [-0.15, -0.1) is 0 Å². The number of piperazine rings is 1. The topological polar surface area (TPSA) is 100 Å². The first-order valence-corrected chi connectivity index (χ1v) is 13.9. The highest BCUT2D eigenvalue weighted by Crippen LogP contribution is 2.37. The lowest BCUT2D eigenvalue weighted by Gasteiger charge is -2.56. The zero-order chi connectivity index (χ0) is 28.1. The van der Waals surface area contributed by atoms with Gasteiger partial charge in [-0.2, -0.15) is 15.5 Å². The van der Waals surface area contributed by atoms with E-state index < -0.39 is 0 Å². The molecule has 8 heterocycles. The average Bonchev–Trinajstić information content (AvgIpc) is 3.68. The SMILES string of the molecule is COc1ccnc(CN2C3CC2CN(c2ccc(-c4cc(-c5cnn(C(C)C)c5)cn5ncc(C#N)c45)cn2)C3)c1. The Hall–Kier alpha value is -4.75. The molecule has 206 valence electrons. The van der Waals surface area contributed by atoms with E-state index in [2.05, 4.69) is 63.1 Å². The molecule has 2 atom stereocenters. The van der Waals surface area contributed by atoms with Crippen LogP contribution in [0.2, 0.25) is 0 Å². The fourth-order valence-corrected chi connectivity index (χ4v) is 6.07. The lowest BCUT2D eigenvalue weighted by molar-refractivity contribution is -0.00972. The summed E-state index contributed by atoms with van der Waals surface area (Å²) in [5.74, 6) is 1.82. The molecule has 8 rings (SSSR count). The molecule has 5 aromatic rings. The van der Waals surface area contributed by atoms with Gasteiger partial charge in [-0.05, 0) is 44.5 Å². The van der Waals surface area contributed by atoms with E-state index in [1.807, 2.05) is 47.8 Å². The maximum atomic E-state index is 9.78. The second-order valence-electron chi connectivity index (χ2n) is 11.1. The van der Waals surface area contributed by atoms with Crippen LogP contribution in [0.15, 0.2) is 67.5 Å². The second kappa shape index (κ2) is 10.0. The largest absolute Gasteiger partial charge is 0.497 e. The number of pyridine rings is 3. The quantitative estimate of drug-likeness (QED) is 0.293. The van der Waals surface area contributed by atoms with Gasteiger partial charge in [0, 0.05) is 90.9 Å². The van der Waals surface area contributed by atoms with Gasteiger partial charge in [-0.3, -0.25) is 14.6 Å². The first kappa shape index (κ1) is 25.2. The average molecular weight is 546 g/mol. The first-order valence-electron chi connectivity index (χ1n) is 13.9. The summed E-state index contributed by atoms with van der Waals surface area (Å²) in [5.41, 5.74) is 6.21. The fraction of sp³-hybridized carbons (Fsp3) is 0.323. The Morgan fingerprint density at radius 2 is 1.83 bits per heavy atom. The van der Waals surface area contributed by atoms with Crippen molar-refractivity contribution in [3.63, 3.8) is 0 Å². The summed E-state index contributed by atoms with van der Waals surface area (Å²) in [5, 5.41) is 18.8. The van der Waals surface area contributed by atoms with Gasteiger partial charge in [-0.1, -0.05) is 0 Å². The van der Waals surface area contributed by atoms with Crippen molar-refractivity contribution in [1.82, 2.24) is 34.3 Å². The minimum atomic E-state index is 0.269. The zero-order valence-corrected chi connectivity index (χ0v) is 23.3. The Labute approximate surface area is 238 Å². The molecule has 10 heteroatoms. The van der Waals surface area contributed by atoms with Crippen molar-refractivity contribution in [3.8, 4) is 34.1 Å². The number of aromatic nitrogens is 6. The molecule has 41 heavy (non-hydrogen) atoms. The van der Waals surface area contributed by atoms with E-state index in [0.29, 0.717) is 17.6 Å². The summed E-state index contributed by atoms with van der Waals surface area (Å²) >= 11 is 0. The standard InChI is InChI=1S/C31H31N9O/c1-20(2)39-16-24(14-35-39)22-8-29(31-23(11-32)13-36-40(31)15-22)21-4-5-30(34-12-21)37-18-26-10-27(19-37)38(26)17-25-9-28(41-3)6-7-33-25/h4-9,12-16,20,26-27H,10,17-19H2,1-3H3. The molecular weight excluding hydrogens is 514 g/mol. The van der Waals surface area contributed by atoms with Gasteiger partial charge in [0.1, 0.15) is 17.6 Å². The maximum absolute atomic E-state index is 9.78. The third-order valence-electron chi connectivity index (χ3n) is 8.29. The molecule has 0 amide bonds. The maximum Gasteiger partial charge on any atom is 0.128 e. The summed E-state index contributed by atoms with van der Waals surface area (Å²) in [6.45, 7) is 6.92. The van der Waals surface area contributed by atoms with Crippen molar-refractivity contribution in [3.05, 3.63) is 78.8 Å². The number of hydrogen-bond acceptors (Lipinski definition) is 8. The number of hydrogen-bond donors (Lipinski definition) is 0. The van der Waals surface area contributed by atoms with Crippen LogP contribution < -0.4 is 9.64 Å². The predicted octanol–water partition coefficient (Wildman–Crippen LogP) is 4.58. The Balaban J connectivity index is 1.13. The van der Waals surface area contributed by atoms with Crippen LogP contribution in [0.1, 0.15) is 37.6 Å². The van der Waals surface area contributed by atoms with Crippen LogP contribution in [-0.2, 0) is 6.54 Å². The van der Waals surface area contributed by atoms with Gasteiger partial charge in [0.2, 0.25) is 0 Å². The summed E-state index contributed by atoms with van der Waals surface area (Å²) < 4.78 is 9.10. The van der Waals surface area contributed by atoms with Crippen molar-refractivity contribution in [2.45, 2.75) is 44.9 Å². The molecule has 3 aliphatic heterocycles. The summed E-state index contributed by atoms with van der Waals surface area (Å²) in [4.78, 5) is 14.3. The molecule has 3 aliphatic rings. The molecule has 0 aromatic carbocycles. The highest BCUT2D eigenvalue weighted by atomic mass is 16.5. The molecule has 3 fully saturated rings. The third kappa shape index (κ3) is 4.48. The lowest BCUT2D eigenvalue weighted by Crippen LogP contribution is -2.68. The van der Waals surface area contributed by atoms with Gasteiger partial charge < -0.3 is 9.64 Å². The van der Waals surface area contributed by atoms with Crippen LogP contribution in [0.5, 0.6) is 5.75 Å². The van der Waals surface area contributed by atoms with E-state index in [4.69, 9.17) is 9.72 Å². The Morgan fingerprint density at radius 1 is 0.976 bits per heavy atom. The number of ether oxygens (including phenoxy) is 1. The fourth-order valence-electron chi connectivity index (χ4n) is 6.07. The molecule has 2 unspecified atom stereocenters. The van der Waals surface area contributed by atoms with E-state index in [0.717, 1.165) is 64.7 Å². The Morgan fingerprint density at radius 3 is 2.54 bits per heavy atom. The highest BCUT2D eigenvalue weighted by Gasteiger charge is 2.44. The van der Waals surface area contributed by atoms with Crippen LogP contribution in [0.4, 0.5) is 5.82 Å². The van der Waals surface area contributed by atoms with E-state index in [-0.39, 0.29) is 6.04 Å². The molecule has 0 N–H and O–H groups in total.